The summed E-state index contributed by atoms with van der Waals surface area (Å²) in [4.78, 5) is 13.8. The van der Waals surface area contributed by atoms with Crippen molar-refractivity contribution in [3.8, 4) is 0 Å². The van der Waals surface area contributed by atoms with Gasteiger partial charge in [-0.15, -0.1) is 0 Å². The molecular weight excluding hydrogens is 293 g/mol. The molecule has 0 N–H and O–H groups in total. The van der Waals surface area contributed by atoms with E-state index in [-0.39, 0.29) is 5.70 Å². The van der Waals surface area contributed by atoms with Crippen LogP contribution in [0.3, 0.4) is 0 Å². The molecule has 5 nitrogen and oxygen atoms in total. The summed E-state index contributed by atoms with van der Waals surface area (Å²) in [6.07, 6.45) is 1.30. The van der Waals surface area contributed by atoms with Gasteiger partial charge in [-0.3, -0.25) is 0 Å². The summed E-state index contributed by atoms with van der Waals surface area (Å²) in [5, 5.41) is 3.21. The summed E-state index contributed by atoms with van der Waals surface area (Å²) in [7, 11) is 1.17. The molecule has 0 saturated carbocycles. The van der Waals surface area contributed by atoms with E-state index in [1.165, 1.54) is 31.4 Å². The first-order chi connectivity index (χ1) is 8.08. The largest absolute Gasteiger partial charge is 0.466 e. The standard InChI is InChI=1S/C10H7BrFN3O2/c1-17-10(16)9(14-15-13)4-6-2-3-7(12)5-8(6)11/h2-5H,1H3. The van der Waals surface area contributed by atoms with Crippen molar-refractivity contribution >= 4 is 28.0 Å². The van der Waals surface area contributed by atoms with Crippen LogP contribution in [0, 0.1) is 5.82 Å². The van der Waals surface area contributed by atoms with Gasteiger partial charge in [-0.05, 0) is 29.3 Å². The van der Waals surface area contributed by atoms with Crippen molar-refractivity contribution in [3.63, 3.8) is 0 Å². The number of hydrogen-bond donors (Lipinski definition) is 0. The van der Waals surface area contributed by atoms with E-state index < -0.39 is 11.8 Å². The number of azide groups is 1. The maximum absolute atomic E-state index is 12.8. The number of ether oxygens (including phenoxy) is 1. The highest BCUT2D eigenvalue weighted by Crippen LogP contribution is 2.21. The van der Waals surface area contributed by atoms with Crippen molar-refractivity contribution in [1.82, 2.24) is 0 Å². The molecule has 1 aromatic rings. The second kappa shape index (κ2) is 6.03. The smallest absolute Gasteiger partial charge is 0.340 e. The Balaban J connectivity index is 3.21. The zero-order valence-electron chi connectivity index (χ0n) is 8.72. The molecule has 0 aliphatic heterocycles. The summed E-state index contributed by atoms with van der Waals surface area (Å²) in [6.45, 7) is 0. The zero-order chi connectivity index (χ0) is 12.8. The van der Waals surface area contributed by atoms with Crippen molar-refractivity contribution in [3.05, 3.63) is 50.2 Å². The third kappa shape index (κ3) is 3.58. The highest BCUT2D eigenvalue weighted by atomic mass is 79.9. The molecule has 0 unspecified atom stereocenters. The number of carbonyl (C=O) groups excluding carboxylic acids is 1. The van der Waals surface area contributed by atoms with Crippen LogP contribution in [0.25, 0.3) is 16.5 Å². The Labute approximate surface area is 105 Å². The molecule has 88 valence electrons. The quantitative estimate of drug-likeness (QED) is 0.282. The molecule has 0 saturated heterocycles. The van der Waals surface area contributed by atoms with E-state index in [4.69, 9.17) is 5.53 Å². The van der Waals surface area contributed by atoms with Crippen molar-refractivity contribution in [2.45, 2.75) is 0 Å². The van der Waals surface area contributed by atoms with Crippen LogP contribution in [-0.2, 0) is 9.53 Å². The van der Waals surface area contributed by atoms with Gasteiger partial charge < -0.3 is 4.74 Å². The van der Waals surface area contributed by atoms with Gasteiger partial charge in [-0.2, -0.15) is 0 Å². The fourth-order valence-electron chi connectivity index (χ4n) is 1.05. The Kier molecular flexibility index (Phi) is 4.68. The van der Waals surface area contributed by atoms with E-state index in [0.717, 1.165) is 0 Å². The summed E-state index contributed by atoms with van der Waals surface area (Å²) in [6, 6.07) is 3.90. The number of nitrogens with zero attached hydrogens (tertiary/aromatic N) is 3. The van der Waals surface area contributed by atoms with Crippen molar-refractivity contribution in [2.24, 2.45) is 5.11 Å². The minimum atomic E-state index is -0.765. The molecule has 0 aliphatic rings. The monoisotopic (exact) mass is 299 g/mol. The minimum absolute atomic E-state index is 0.206. The molecule has 0 spiro atoms. The van der Waals surface area contributed by atoms with Crippen LogP contribution in [0.1, 0.15) is 5.56 Å². The van der Waals surface area contributed by atoms with Gasteiger partial charge in [-0.1, -0.05) is 27.1 Å². The van der Waals surface area contributed by atoms with Crippen molar-refractivity contribution < 1.29 is 13.9 Å². The van der Waals surface area contributed by atoms with Gasteiger partial charge in [0.1, 0.15) is 11.5 Å². The van der Waals surface area contributed by atoms with Crippen LogP contribution in [0.2, 0.25) is 0 Å². The number of carbonyl (C=O) groups is 1. The molecule has 17 heavy (non-hydrogen) atoms. The lowest BCUT2D eigenvalue weighted by atomic mass is 10.2. The second-order valence-corrected chi connectivity index (χ2v) is 3.73. The van der Waals surface area contributed by atoms with Crippen LogP contribution in [0.15, 0.2) is 33.5 Å². The first kappa shape index (κ1) is 13.2. The fraction of sp³-hybridized carbons (Fsp3) is 0.100. The molecule has 0 atom stereocenters. The molecule has 0 heterocycles. The molecule has 0 amide bonds. The maximum Gasteiger partial charge on any atom is 0.340 e. The first-order valence-corrected chi connectivity index (χ1v) is 5.18. The first-order valence-electron chi connectivity index (χ1n) is 4.38. The summed E-state index contributed by atoms with van der Waals surface area (Å²) >= 11 is 3.13. The van der Waals surface area contributed by atoms with Gasteiger partial charge in [0.05, 0.1) is 7.11 Å². The van der Waals surface area contributed by atoms with Crippen molar-refractivity contribution in [2.75, 3.05) is 7.11 Å². The van der Waals surface area contributed by atoms with Crippen molar-refractivity contribution in [1.29, 1.82) is 0 Å². The van der Waals surface area contributed by atoms with Gasteiger partial charge in [0, 0.05) is 9.38 Å². The average molecular weight is 300 g/mol. The summed E-state index contributed by atoms with van der Waals surface area (Å²) in [5.41, 5.74) is 8.60. The van der Waals surface area contributed by atoms with E-state index in [1.807, 2.05) is 0 Å². The number of methoxy groups -OCH3 is 1. The van der Waals surface area contributed by atoms with Crippen LogP contribution in [0.4, 0.5) is 4.39 Å². The number of hydrogen-bond acceptors (Lipinski definition) is 3. The van der Waals surface area contributed by atoms with E-state index in [2.05, 4.69) is 30.7 Å². The lowest BCUT2D eigenvalue weighted by Crippen LogP contribution is -2.02. The normalized spacial score (nSPS) is 10.6. The highest BCUT2D eigenvalue weighted by Gasteiger charge is 2.08. The Morgan fingerprint density at radius 3 is 2.88 bits per heavy atom. The van der Waals surface area contributed by atoms with Gasteiger partial charge in [0.2, 0.25) is 0 Å². The lowest BCUT2D eigenvalue weighted by molar-refractivity contribution is -0.136. The highest BCUT2D eigenvalue weighted by molar-refractivity contribution is 9.10. The van der Waals surface area contributed by atoms with Crippen LogP contribution < -0.4 is 0 Å². The Morgan fingerprint density at radius 2 is 2.35 bits per heavy atom. The van der Waals surface area contributed by atoms with E-state index in [9.17, 15) is 9.18 Å². The number of benzene rings is 1. The second-order valence-electron chi connectivity index (χ2n) is 2.88. The third-order valence-corrected chi connectivity index (χ3v) is 2.49. The molecule has 0 radical (unpaired) electrons. The molecule has 0 bridgehead atoms. The maximum atomic E-state index is 12.8. The topological polar surface area (TPSA) is 75.1 Å². The Hall–Kier alpha value is -1.85. The zero-order valence-corrected chi connectivity index (χ0v) is 10.3. The lowest BCUT2D eigenvalue weighted by Gasteiger charge is -2.01. The van der Waals surface area contributed by atoms with E-state index >= 15 is 0 Å². The van der Waals surface area contributed by atoms with Crippen LogP contribution in [-0.4, -0.2) is 13.1 Å². The Morgan fingerprint density at radius 1 is 1.65 bits per heavy atom. The molecule has 1 rings (SSSR count). The molecular formula is C10H7BrFN3O2. The predicted octanol–water partition coefficient (Wildman–Crippen LogP) is 3.41. The molecule has 1 aromatic carbocycles. The molecule has 0 aliphatic carbocycles. The third-order valence-electron chi connectivity index (χ3n) is 1.80. The number of rotatable bonds is 3. The fourth-order valence-corrected chi connectivity index (χ4v) is 1.51. The number of esters is 1. The van der Waals surface area contributed by atoms with Crippen LogP contribution in [0.5, 0.6) is 0 Å². The molecule has 7 heteroatoms. The van der Waals surface area contributed by atoms with Gasteiger partial charge in [0.25, 0.3) is 0 Å². The van der Waals surface area contributed by atoms with Gasteiger partial charge >= 0.3 is 5.97 Å². The minimum Gasteiger partial charge on any atom is -0.466 e. The number of halogens is 2. The Bertz CT molecular complexity index is 524. The average Bonchev–Trinajstić information content (AvgIpc) is 2.30. The summed E-state index contributed by atoms with van der Waals surface area (Å²) < 4.78 is 17.7. The van der Waals surface area contributed by atoms with Crippen LogP contribution >= 0.6 is 15.9 Å². The molecule has 0 aromatic heterocycles. The SMILES string of the molecule is COC(=O)C(=Cc1ccc(F)cc1Br)N=[N+]=[N-]. The van der Waals surface area contributed by atoms with Gasteiger partial charge in [-0.25, -0.2) is 9.18 Å². The van der Waals surface area contributed by atoms with E-state index in [1.54, 1.807) is 0 Å². The van der Waals surface area contributed by atoms with Gasteiger partial charge in [0.15, 0.2) is 0 Å². The van der Waals surface area contributed by atoms with E-state index in [0.29, 0.717) is 10.0 Å². The summed E-state index contributed by atoms with van der Waals surface area (Å²) in [5.74, 6) is -1.18. The predicted molar refractivity (Wildman–Crippen MR) is 63.2 cm³/mol. The molecule has 0 fully saturated rings.